The maximum atomic E-state index is 12.8. The van der Waals surface area contributed by atoms with Gasteiger partial charge in [0.1, 0.15) is 0 Å². The molecule has 0 saturated carbocycles. The number of hydrogen-bond donors (Lipinski definition) is 1. The van der Waals surface area contributed by atoms with E-state index in [2.05, 4.69) is 10.2 Å². The van der Waals surface area contributed by atoms with Crippen molar-refractivity contribution >= 4 is 28.3 Å². The molecule has 1 fully saturated rings. The van der Waals surface area contributed by atoms with Crippen LogP contribution in [0.1, 0.15) is 26.7 Å². The van der Waals surface area contributed by atoms with Gasteiger partial charge in [0, 0.05) is 17.6 Å². The first kappa shape index (κ1) is 18.4. The van der Waals surface area contributed by atoms with Gasteiger partial charge in [0.25, 0.3) is 0 Å². The number of carbonyl (C=O) groups excluding carboxylic acids is 2. The quantitative estimate of drug-likeness (QED) is 0.836. The number of anilines is 1. The minimum absolute atomic E-state index is 0.0501. The molecule has 1 aliphatic rings. The number of esters is 1. The summed E-state index contributed by atoms with van der Waals surface area (Å²) in [6, 6.07) is 13.6. The Kier molecular flexibility index (Phi) is 5.89. The molecule has 138 valence electrons. The van der Waals surface area contributed by atoms with Crippen LogP contribution in [0.4, 0.5) is 5.69 Å². The van der Waals surface area contributed by atoms with Gasteiger partial charge in [0.2, 0.25) is 5.91 Å². The maximum Gasteiger partial charge on any atom is 0.310 e. The first-order chi connectivity index (χ1) is 12.6. The molecule has 0 aliphatic carbocycles. The molecule has 26 heavy (non-hydrogen) atoms. The van der Waals surface area contributed by atoms with E-state index in [4.69, 9.17) is 4.74 Å². The van der Waals surface area contributed by atoms with Gasteiger partial charge in [-0.25, -0.2) is 0 Å². The smallest absolute Gasteiger partial charge is 0.310 e. The van der Waals surface area contributed by atoms with Crippen molar-refractivity contribution in [1.29, 1.82) is 0 Å². The molecule has 1 aliphatic heterocycles. The fourth-order valence-electron chi connectivity index (χ4n) is 3.55. The molecule has 1 heterocycles. The maximum absolute atomic E-state index is 12.8. The molecule has 1 N–H and O–H groups in total. The summed E-state index contributed by atoms with van der Waals surface area (Å²) in [5, 5.41) is 5.18. The van der Waals surface area contributed by atoms with E-state index in [1.807, 2.05) is 56.3 Å². The summed E-state index contributed by atoms with van der Waals surface area (Å²) >= 11 is 0. The second-order valence-electron chi connectivity index (χ2n) is 6.78. The highest BCUT2D eigenvalue weighted by Crippen LogP contribution is 2.24. The Bertz CT molecular complexity index is 784. The van der Waals surface area contributed by atoms with E-state index < -0.39 is 0 Å². The van der Waals surface area contributed by atoms with E-state index in [0.29, 0.717) is 13.2 Å². The van der Waals surface area contributed by atoms with Gasteiger partial charge in [0.15, 0.2) is 0 Å². The number of piperidine rings is 1. The lowest BCUT2D eigenvalue weighted by atomic mass is 9.97. The zero-order valence-corrected chi connectivity index (χ0v) is 15.4. The molecule has 2 aromatic carbocycles. The highest BCUT2D eigenvalue weighted by atomic mass is 16.5. The standard InChI is InChI=1S/C21H26N2O3/c1-3-26-21(25)17-10-7-13-23(14-17)15(2)20(24)22-19-12-6-9-16-8-4-5-11-18(16)19/h4-6,8-9,11-12,15,17H,3,7,10,13-14H2,1-2H3,(H,22,24). The molecule has 5 nitrogen and oxygen atoms in total. The van der Waals surface area contributed by atoms with Crippen LogP contribution >= 0.6 is 0 Å². The third-order valence-electron chi connectivity index (χ3n) is 5.05. The lowest BCUT2D eigenvalue weighted by Gasteiger charge is -2.35. The Labute approximate surface area is 154 Å². The molecule has 2 aromatic rings. The molecule has 5 heteroatoms. The Hall–Kier alpha value is -2.40. The number of likely N-dealkylation sites (tertiary alicyclic amines) is 1. The van der Waals surface area contributed by atoms with Crippen molar-refractivity contribution in [2.24, 2.45) is 5.92 Å². The number of fused-ring (bicyclic) bond motifs is 1. The van der Waals surface area contributed by atoms with Gasteiger partial charge in [-0.05, 0) is 44.7 Å². The topological polar surface area (TPSA) is 58.6 Å². The van der Waals surface area contributed by atoms with Crippen LogP contribution in [0.5, 0.6) is 0 Å². The average Bonchev–Trinajstić information content (AvgIpc) is 2.68. The van der Waals surface area contributed by atoms with Crippen LogP contribution in [-0.4, -0.2) is 42.5 Å². The third-order valence-corrected chi connectivity index (χ3v) is 5.05. The molecule has 0 radical (unpaired) electrons. The summed E-state index contributed by atoms with van der Waals surface area (Å²) in [5.41, 5.74) is 0.818. The van der Waals surface area contributed by atoms with E-state index in [-0.39, 0.29) is 23.8 Å². The summed E-state index contributed by atoms with van der Waals surface area (Å²) in [6.07, 6.45) is 1.72. The lowest BCUT2D eigenvalue weighted by molar-refractivity contribution is -0.150. The lowest BCUT2D eigenvalue weighted by Crippen LogP contribution is -2.48. The number of ether oxygens (including phenoxy) is 1. The monoisotopic (exact) mass is 354 g/mol. The summed E-state index contributed by atoms with van der Waals surface area (Å²) in [4.78, 5) is 26.9. The van der Waals surface area contributed by atoms with Crippen molar-refractivity contribution in [1.82, 2.24) is 4.90 Å². The van der Waals surface area contributed by atoms with Crippen LogP contribution in [-0.2, 0) is 14.3 Å². The molecular formula is C21H26N2O3. The first-order valence-corrected chi connectivity index (χ1v) is 9.29. The van der Waals surface area contributed by atoms with Crippen molar-refractivity contribution in [2.45, 2.75) is 32.7 Å². The summed E-state index contributed by atoms with van der Waals surface area (Å²) in [6.45, 7) is 5.50. The number of rotatable bonds is 5. The second kappa shape index (κ2) is 8.32. The third kappa shape index (κ3) is 4.05. The van der Waals surface area contributed by atoms with Gasteiger partial charge in [0.05, 0.1) is 18.6 Å². The average molecular weight is 354 g/mol. The van der Waals surface area contributed by atoms with E-state index in [0.717, 1.165) is 35.8 Å². The van der Waals surface area contributed by atoms with Crippen molar-refractivity contribution in [2.75, 3.05) is 25.0 Å². The SMILES string of the molecule is CCOC(=O)C1CCCN(C(C)C(=O)Nc2cccc3ccccc23)C1. The predicted molar refractivity (Wildman–Crippen MR) is 103 cm³/mol. The molecule has 0 bridgehead atoms. The normalized spacial score (nSPS) is 19.1. The number of nitrogens with zero attached hydrogens (tertiary/aromatic N) is 1. The summed E-state index contributed by atoms with van der Waals surface area (Å²) in [7, 11) is 0. The van der Waals surface area contributed by atoms with E-state index in [9.17, 15) is 9.59 Å². The molecule has 0 spiro atoms. The van der Waals surface area contributed by atoms with Crippen LogP contribution in [0.25, 0.3) is 10.8 Å². The minimum atomic E-state index is -0.300. The summed E-state index contributed by atoms with van der Waals surface area (Å²) < 4.78 is 5.15. The zero-order chi connectivity index (χ0) is 18.5. The Morgan fingerprint density at radius 2 is 2.00 bits per heavy atom. The Morgan fingerprint density at radius 3 is 2.81 bits per heavy atom. The second-order valence-corrected chi connectivity index (χ2v) is 6.78. The molecule has 0 aromatic heterocycles. The van der Waals surface area contributed by atoms with Crippen LogP contribution in [0, 0.1) is 5.92 Å². The van der Waals surface area contributed by atoms with Gasteiger partial charge in [-0.2, -0.15) is 0 Å². The zero-order valence-electron chi connectivity index (χ0n) is 15.4. The molecule has 1 saturated heterocycles. The minimum Gasteiger partial charge on any atom is -0.466 e. The largest absolute Gasteiger partial charge is 0.466 e. The van der Waals surface area contributed by atoms with Crippen molar-refractivity contribution in [3.05, 3.63) is 42.5 Å². The van der Waals surface area contributed by atoms with Gasteiger partial charge in [-0.3, -0.25) is 14.5 Å². The van der Waals surface area contributed by atoms with Gasteiger partial charge >= 0.3 is 5.97 Å². The Morgan fingerprint density at radius 1 is 1.23 bits per heavy atom. The van der Waals surface area contributed by atoms with Crippen LogP contribution in [0.2, 0.25) is 0 Å². The molecule has 1 amide bonds. The van der Waals surface area contributed by atoms with Crippen molar-refractivity contribution in [3.63, 3.8) is 0 Å². The van der Waals surface area contributed by atoms with Crippen LogP contribution in [0.3, 0.4) is 0 Å². The number of carbonyl (C=O) groups is 2. The van der Waals surface area contributed by atoms with Gasteiger partial charge in [-0.1, -0.05) is 36.4 Å². The van der Waals surface area contributed by atoms with E-state index >= 15 is 0 Å². The molecule has 2 atom stereocenters. The van der Waals surface area contributed by atoms with Crippen molar-refractivity contribution < 1.29 is 14.3 Å². The van der Waals surface area contributed by atoms with Gasteiger partial charge in [-0.15, -0.1) is 0 Å². The first-order valence-electron chi connectivity index (χ1n) is 9.29. The molecular weight excluding hydrogens is 328 g/mol. The van der Waals surface area contributed by atoms with E-state index in [1.54, 1.807) is 0 Å². The number of nitrogens with one attached hydrogen (secondary N) is 1. The molecule has 3 rings (SSSR count). The fourth-order valence-corrected chi connectivity index (χ4v) is 3.55. The highest BCUT2D eigenvalue weighted by molar-refractivity contribution is 6.03. The Balaban J connectivity index is 1.68. The van der Waals surface area contributed by atoms with Gasteiger partial charge < -0.3 is 10.1 Å². The van der Waals surface area contributed by atoms with Crippen LogP contribution < -0.4 is 5.32 Å². The summed E-state index contributed by atoms with van der Waals surface area (Å²) in [5.74, 6) is -0.346. The van der Waals surface area contributed by atoms with Crippen LogP contribution in [0.15, 0.2) is 42.5 Å². The highest BCUT2D eigenvalue weighted by Gasteiger charge is 2.31. The number of benzene rings is 2. The molecule has 2 unspecified atom stereocenters. The van der Waals surface area contributed by atoms with E-state index in [1.165, 1.54) is 0 Å². The number of hydrogen-bond acceptors (Lipinski definition) is 4. The number of amides is 1. The predicted octanol–water partition coefficient (Wildman–Crippen LogP) is 3.44. The van der Waals surface area contributed by atoms with Crippen molar-refractivity contribution in [3.8, 4) is 0 Å². The fraction of sp³-hybridized carbons (Fsp3) is 0.429.